The second-order valence-electron chi connectivity index (χ2n) is 11.0. The molecule has 0 saturated heterocycles. The van der Waals surface area contributed by atoms with E-state index in [1.54, 1.807) is 13.1 Å². The van der Waals surface area contributed by atoms with Crippen molar-refractivity contribution in [2.24, 2.45) is 10.8 Å². The van der Waals surface area contributed by atoms with Gasteiger partial charge < -0.3 is 15.5 Å². The lowest BCUT2D eigenvalue weighted by molar-refractivity contribution is -0.170. The Morgan fingerprint density at radius 2 is 1.89 bits per heavy atom. The molecule has 5 rings (SSSR count). The minimum absolute atomic E-state index is 0.353. The zero-order valence-electron chi connectivity index (χ0n) is 20.7. The van der Waals surface area contributed by atoms with E-state index in [9.17, 15) is 15.0 Å². The van der Waals surface area contributed by atoms with Gasteiger partial charge in [-0.15, -0.1) is 11.3 Å². The first-order valence-corrected chi connectivity index (χ1v) is 13.0. The highest BCUT2D eigenvalue weighted by Crippen LogP contribution is 2.56. The lowest BCUT2D eigenvalue weighted by atomic mass is 9.55. The molecule has 1 fully saturated rings. The van der Waals surface area contributed by atoms with Gasteiger partial charge in [0.05, 0.1) is 10.3 Å². The van der Waals surface area contributed by atoms with Crippen LogP contribution in [0.1, 0.15) is 68.3 Å². The summed E-state index contributed by atoms with van der Waals surface area (Å²) in [6.07, 6.45) is 8.05. The zero-order valence-corrected chi connectivity index (χ0v) is 21.5. The maximum atomic E-state index is 12.0. The van der Waals surface area contributed by atoms with Gasteiger partial charge >= 0.3 is 5.97 Å². The molecule has 2 atom stereocenters. The minimum Gasteiger partial charge on any atom is -0.481 e. The van der Waals surface area contributed by atoms with Gasteiger partial charge in [0.1, 0.15) is 10.6 Å². The van der Waals surface area contributed by atoms with Crippen LogP contribution in [0.2, 0.25) is 0 Å². The van der Waals surface area contributed by atoms with Gasteiger partial charge in [0, 0.05) is 23.8 Å². The molecule has 0 bridgehead atoms. The lowest BCUT2D eigenvalue weighted by Gasteiger charge is -2.50. The molecule has 1 aromatic carbocycles. The number of hydrogen-bond acceptors (Lipinski definition) is 7. The van der Waals surface area contributed by atoms with Crippen molar-refractivity contribution in [2.75, 3.05) is 5.32 Å². The number of carboxylic acid groups (broad SMARTS) is 1. The molecule has 2 aliphatic rings. The molecule has 2 heterocycles. The number of nitrogens with zero attached hydrogens (tertiary/aromatic N) is 3. The predicted octanol–water partition coefficient (Wildman–Crippen LogP) is 5.63. The molecule has 0 unspecified atom stereocenters. The van der Waals surface area contributed by atoms with E-state index in [4.69, 9.17) is 0 Å². The van der Waals surface area contributed by atoms with Crippen LogP contribution in [0.25, 0.3) is 10.4 Å². The third kappa shape index (κ3) is 4.23. The standard InChI is InChI=1S/C27H32N4O3S/c1-16-10-18(12-19(11-16)30-24-29-13-17-6-5-7-20(17)31-24)21-14-28-22(35-21)27(34)9-8-26(4,23(32)33)25(2,3)15-27/h10-14,34H,5-9,15H2,1-4H3,(H,32,33)(H,29,30,31)/t26-,27-/m1/s1. The largest absolute Gasteiger partial charge is 0.481 e. The van der Waals surface area contributed by atoms with Crippen LogP contribution in [0.5, 0.6) is 0 Å². The Morgan fingerprint density at radius 1 is 1.09 bits per heavy atom. The van der Waals surface area contributed by atoms with E-state index >= 15 is 0 Å². The number of anilines is 2. The van der Waals surface area contributed by atoms with Gasteiger partial charge in [-0.1, -0.05) is 19.9 Å². The monoisotopic (exact) mass is 492 g/mol. The smallest absolute Gasteiger partial charge is 0.309 e. The Hall–Kier alpha value is -2.84. The topological polar surface area (TPSA) is 108 Å². The van der Waals surface area contributed by atoms with Gasteiger partial charge in [-0.3, -0.25) is 4.79 Å². The highest BCUT2D eigenvalue weighted by atomic mass is 32.1. The zero-order chi connectivity index (χ0) is 25.0. The van der Waals surface area contributed by atoms with Gasteiger partial charge in [0.2, 0.25) is 5.95 Å². The molecule has 0 radical (unpaired) electrons. The van der Waals surface area contributed by atoms with E-state index in [2.05, 4.69) is 38.5 Å². The van der Waals surface area contributed by atoms with Crippen LogP contribution in [0.4, 0.5) is 11.6 Å². The number of carboxylic acids is 1. The SMILES string of the molecule is Cc1cc(Nc2ncc3c(n2)CCC3)cc(-c2cnc([C@@]3(O)CC[C@](C)(C(=O)O)C(C)(C)C3)s2)c1. The van der Waals surface area contributed by atoms with E-state index in [1.807, 2.05) is 27.0 Å². The summed E-state index contributed by atoms with van der Waals surface area (Å²) in [6, 6.07) is 6.21. The Morgan fingerprint density at radius 3 is 2.63 bits per heavy atom. The Labute approximate surface area is 209 Å². The normalized spacial score (nSPS) is 25.3. The summed E-state index contributed by atoms with van der Waals surface area (Å²) in [5.41, 5.74) is 2.79. The van der Waals surface area contributed by atoms with E-state index in [0.717, 1.165) is 46.6 Å². The maximum absolute atomic E-state index is 12.0. The van der Waals surface area contributed by atoms with Crippen LogP contribution in [0.15, 0.2) is 30.6 Å². The predicted molar refractivity (Wildman–Crippen MR) is 137 cm³/mol. The first-order chi connectivity index (χ1) is 16.5. The van der Waals surface area contributed by atoms with Gasteiger partial charge in [-0.2, -0.15) is 0 Å². The molecule has 2 aromatic heterocycles. The summed E-state index contributed by atoms with van der Waals surface area (Å²) in [5, 5.41) is 25.4. The van der Waals surface area contributed by atoms with E-state index in [-0.39, 0.29) is 0 Å². The molecule has 0 amide bonds. The average Bonchev–Trinajstić information content (AvgIpc) is 3.45. The summed E-state index contributed by atoms with van der Waals surface area (Å²) >= 11 is 1.47. The molecule has 7 nitrogen and oxygen atoms in total. The molecule has 0 aliphatic heterocycles. The summed E-state index contributed by atoms with van der Waals surface area (Å²) in [7, 11) is 0. The highest BCUT2D eigenvalue weighted by Gasteiger charge is 2.56. The number of benzene rings is 1. The summed E-state index contributed by atoms with van der Waals surface area (Å²) in [5.74, 6) is -0.205. The third-order valence-corrected chi connectivity index (χ3v) is 9.31. The number of aliphatic carboxylic acids is 1. The van der Waals surface area contributed by atoms with Crippen molar-refractivity contribution in [1.29, 1.82) is 0 Å². The second kappa shape index (κ2) is 8.38. The van der Waals surface area contributed by atoms with Crippen molar-refractivity contribution in [2.45, 2.75) is 71.8 Å². The van der Waals surface area contributed by atoms with E-state index < -0.39 is 22.4 Å². The fraction of sp³-hybridized carbons (Fsp3) is 0.481. The van der Waals surface area contributed by atoms with Crippen LogP contribution in [0, 0.1) is 17.8 Å². The van der Waals surface area contributed by atoms with Crippen molar-refractivity contribution < 1.29 is 15.0 Å². The number of fused-ring (bicyclic) bond motifs is 1. The van der Waals surface area contributed by atoms with Crippen molar-refractivity contribution in [1.82, 2.24) is 15.0 Å². The third-order valence-electron chi connectivity index (χ3n) is 8.07. The number of aliphatic hydroxyl groups is 1. The molecule has 35 heavy (non-hydrogen) atoms. The number of aromatic nitrogens is 3. The van der Waals surface area contributed by atoms with Gasteiger partial charge in [0.15, 0.2) is 0 Å². The van der Waals surface area contributed by atoms with Crippen LogP contribution in [-0.4, -0.2) is 31.1 Å². The molecule has 3 N–H and O–H groups in total. The molecule has 1 saturated carbocycles. The molecule has 0 spiro atoms. The van der Waals surface area contributed by atoms with Gasteiger partial charge in [-0.05, 0) is 86.6 Å². The van der Waals surface area contributed by atoms with Crippen LogP contribution in [0.3, 0.4) is 0 Å². The van der Waals surface area contributed by atoms with Crippen molar-refractivity contribution in [3.63, 3.8) is 0 Å². The number of rotatable bonds is 5. The van der Waals surface area contributed by atoms with E-state index in [0.29, 0.717) is 30.2 Å². The Bertz CT molecular complexity index is 1300. The first-order valence-electron chi connectivity index (χ1n) is 12.2. The first kappa shape index (κ1) is 23.9. The van der Waals surface area contributed by atoms with Crippen molar-refractivity contribution in [3.8, 4) is 10.4 Å². The number of thiazole rings is 1. The second-order valence-corrected chi connectivity index (χ2v) is 12.0. The molecular formula is C27H32N4O3S. The van der Waals surface area contributed by atoms with Gasteiger partial charge in [0.25, 0.3) is 0 Å². The highest BCUT2D eigenvalue weighted by molar-refractivity contribution is 7.15. The lowest BCUT2D eigenvalue weighted by Crippen LogP contribution is -2.51. The summed E-state index contributed by atoms with van der Waals surface area (Å²) < 4.78 is 0. The quantitative estimate of drug-likeness (QED) is 0.424. The Kier molecular flexibility index (Phi) is 5.72. The fourth-order valence-electron chi connectivity index (χ4n) is 5.51. The average molecular weight is 493 g/mol. The van der Waals surface area contributed by atoms with Crippen LogP contribution < -0.4 is 5.32 Å². The molecule has 3 aromatic rings. The van der Waals surface area contributed by atoms with E-state index in [1.165, 1.54) is 16.9 Å². The van der Waals surface area contributed by atoms with Gasteiger partial charge in [-0.25, -0.2) is 15.0 Å². The maximum Gasteiger partial charge on any atom is 0.309 e. The number of carbonyl (C=O) groups is 1. The number of hydrogen-bond donors (Lipinski definition) is 3. The van der Waals surface area contributed by atoms with Crippen LogP contribution >= 0.6 is 11.3 Å². The Balaban J connectivity index is 1.40. The number of aryl methyl sites for hydroxylation is 3. The summed E-state index contributed by atoms with van der Waals surface area (Å²) in [4.78, 5) is 26.7. The molecule has 8 heteroatoms. The van der Waals surface area contributed by atoms with Crippen molar-refractivity contribution in [3.05, 3.63) is 52.4 Å². The van der Waals surface area contributed by atoms with Crippen LogP contribution in [-0.2, 0) is 23.2 Å². The summed E-state index contributed by atoms with van der Waals surface area (Å²) in [6.45, 7) is 7.69. The molecular weight excluding hydrogens is 460 g/mol. The molecule has 2 aliphatic carbocycles. The minimum atomic E-state index is -1.13. The molecule has 184 valence electrons. The fourth-order valence-corrected chi connectivity index (χ4v) is 6.53. The van der Waals surface area contributed by atoms with Crippen molar-refractivity contribution >= 4 is 28.9 Å². The number of nitrogens with one attached hydrogen (secondary N) is 1.